The van der Waals surface area contributed by atoms with Gasteiger partial charge < -0.3 is 10.2 Å². The lowest BCUT2D eigenvalue weighted by Crippen LogP contribution is -2.29. The molecule has 1 aliphatic rings. The van der Waals surface area contributed by atoms with E-state index in [-0.39, 0.29) is 0 Å². The molecule has 1 aromatic heterocycles. The van der Waals surface area contributed by atoms with E-state index in [1.807, 2.05) is 6.20 Å². The average Bonchev–Trinajstić information content (AvgIpc) is 2.41. The largest absolute Gasteiger partial charge is 0.367 e. The summed E-state index contributed by atoms with van der Waals surface area (Å²) in [4.78, 5) is 6.89. The standard InChI is InChI=1S/C16H25N3/c1-13(2)10-17-11-15-12-18-14(3)9-16(15)19-7-5-4-6-8-19/h4-5,9,12-13,17H,6-8,10-11H2,1-3H3. The first kappa shape index (κ1) is 14.1. The Hall–Kier alpha value is -1.35. The van der Waals surface area contributed by atoms with E-state index >= 15 is 0 Å². The lowest BCUT2D eigenvalue weighted by molar-refractivity contribution is 0.551. The van der Waals surface area contributed by atoms with E-state index in [9.17, 15) is 0 Å². The van der Waals surface area contributed by atoms with E-state index in [0.717, 1.165) is 38.3 Å². The zero-order chi connectivity index (χ0) is 13.7. The molecule has 0 aromatic carbocycles. The molecule has 3 heteroatoms. The van der Waals surface area contributed by atoms with E-state index in [1.165, 1.54) is 11.3 Å². The molecule has 0 unspecified atom stereocenters. The quantitative estimate of drug-likeness (QED) is 0.824. The van der Waals surface area contributed by atoms with Crippen molar-refractivity contribution in [3.05, 3.63) is 35.7 Å². The van der Waals surface area contributed by atoms with Gasteiger partial charge in [-0.25, -0.2) is 0 Å². The average molecular weight is 259 g/mol. The van der Waals surface area contributed by atoms with Gasteiger partial charge in [-0.1, -0.05) is 26.0 Å². The molecule has 2 heterocycles. The van der Waals surface area contributed by atoms with Crippen molar-refractivity contribution in [3.63, 3.8) is 0 Å². The highest BCUT2D eigenvalue weighted by molar-refractivity contribution is 5.54. The molecule has 0 bridgehead atoms. The Morgan fingerprint density at radius 3 is 2.89 bits per heavy atom. The molecular formula is C16H25N3. The summed E-state index contributed by atoms with van der Waals surface area (Å²) in [6, 6.07) is 2.21. The third-order valence-corrected chi connectivity index (χ3v) is 3.37. The number of nitrogens with zero attached hydrogens (tertiary/aromatic N) is 2. The van der Waals surface area contributed by atoms with Crippen LogP contribution >= 0.6 is 0 Å². The van der Waals surface area contributed by atoms with Crippen LogP contribution in [0.3, 0.4) is 0 Å². The first-order valence-electron chi connectivity index (χ1n) is 7.23. The van der Waals surface area contributed by atoms with Crippen LogP contribution in [0.4, 0.5) is 5.69 Å². The molecule has 3 nitrogen and oxygen atoms in total. The summed E-state index contributed by atoms with van der Waals surface area (Å²) in [6.07, 6.45) is 7.68. The van der Waals surface area contributed by atoms with Crippen LogP contribution in [0.5, 0.6) is 0 Å². The summed E-state index contributed by atoms with van der Waals surface area (Å²) in [5.41, 5.74) is 3.74. The molecule has 0 radical (unpaired) electrons. The van der Waals surface area contributed by atoms with Crippen molar-refractivity contribution < 1.29 is 0 Å². The van der Waals surface area contributed by atoms with Crippen LogP contribution in [0.1, 0.15) is 31.5 Å². The summed E-state index contributed by atoms with van der Waals surface area (Å²) in [6.45, 7) is 10.6. The minimum absolute atomic E-state index is 0.680. The Morgan fingerprint density at radius 1 is 1.37 bits per heavy atom. The number of rotatable bonds is 5. The normalized spacial score (nSPS) is 15.3. The zero-order valence-corrected chi connectivity index (χ0v) is 12.3. The Balaban J connectivity index is 2.10. The Labute approximate surface area is 116 Å². The molecular weight excluding hydrogens is 234 g/mol. The summed E-state index contributed by atoms with van der Waals surface area (Å²) < 4.78 is 0. The van der Waals surface area contributed by atoms with Gasteiger partial charge >= 0.3 is 0 Å². The highest BCUT2D eigenvalue weighted by atomic mass is 15.1. The van der Waals surface area contributed by atoms with Gasteiger partial charge in [0, 0.05) is 42.8 Å². The van der Waals surface area contributed by atoms with Crippen molar-refractivity contribution in [3.8, 4) is 0 Å². The molecule has 0 saturated carbocycles. The van der Waals surface area contributed by atoms with Crippen LogP contribution in [-0.2, 0) is 6.54 Å². The molecule has 1 aromatic rings. The predicted molar refractivity (Wildman–Crippen MR) is 81.5 cm³/mol. The molecule has 1 N–H and O–H groups in total. The maximum absolute atomic E-state index is 4.45. The molecule has 0 amide bonds. The molecule has 19 heavy (non-hydrogen) atoms. The van der Waals surface area contributed by atoms with E-state index < -0.39 is 0 Å². The van der Waals surface area contributed by atoms with E-state index in [0.29, 0.717) is 5.92 Å². The first-order valence-corrected chi connectivity index (χ1v) is 7.23. The fourth-order valence-corrected chi connectivity index (χ4v) is 2.36. The van der Waals surface area contributed by atoms with Gasteiger partial charge in [0.05, 0.1) is 0 Å². The number of nitrogens with one attached hydrogen (secondary N) is 1. The summed E-state index contributed by atoms with van der Waals surface area (Å²) in [7, 11) is 0. The number of hydrogen-bond donors (Lipinski definition) is 1. The molecule has 0 fully saturated rings. The van der Waals surface area contributed by atoms with E-state index in [2.05, 4.69) is 54.2 Å². The second-order valence-corrected chi connectivity index (χ2v) is 5.69. The lowest BCUT2D eigenvalue weighted by atomic mass is 10.1. The third-order valence-electron chi connectivity index (χ3n) is 3.37. The third kappa shape index (κ3) is 4.06. The molecule has 0 spiro atoms. The maximum atomic E-state index is 4.45. The molecule has 1 aliphatic heterocycles. The van der Waals surface area contributed by atoms with Crippen molar-refractivity contribution >= 4 is 5.69 Å². The van der Waals surface area contributed by atoms with Crippen LogP contribution < -0.4 is 10.2 Å². The van der Waals surface area contributed by atoms with Crippen LogP contribution in [0.15, 0.2) is 24.4 Å². The smallest absolute Gasteiger partial charge is 0.0448 e. The molecule has 0 saturated heterocycles. The van der Waals surface area contributed by atoms with E-state index in [1.54, 1.807) is 0 Å². The second-order valence-electron chi connectivity index (χ2n) is 5.69. The van der Waals surface area contributed by atoms with Crippen LogP contribution in [0.2, 0.25) is 0 Å². The van der Waals surface area contributed by atoms with Gasteiger partial charge in [-0.2, -0.15) is 0 Å². The minimum atomic E-state index is 0.680. The van der Waals surface area contributed by atoms with Crippen LogP contribution in [0, 0.1) is 12.8 Å². The molecule has 0 aliphatic carbocycles. The van der Waals surface area contributed by atoms with Crippen molar-refractivity contribution in [2.75, 3.05) is 24.5 Å². The lowest BCUT2D eigenvalue weighted by Gasteiger charge is -2.28. The second kappa shape index (κ2) is 6.71. The molecule has 104 valence electrons. The summed E-state index contributed by atoms with van der Waals surface area (Å²) in [5, 5.41) is 3.52. The number of anilines is 1. The maximum Gasteiger partial charge on any atom is 0.0448 e. The Bertz CT molecular complexity index is 438. The van der Waals surface area contributed by atoms with Crippen molar-refractivity contribution in [2.45, 2.75) is 33.7 Å². The summed E-state index contributed by atoms with van der Waals surface area (Å²) >= 11 is 0. The van der Waals surface area contributed by atoms with Crippen LogP contribution in [-0.4, -0.2) is 24.6 Å². The number of pyridine rings is 1. The SMILES string of the molecule is Cc1cc(N2CC=CCC2)c(CNCC(C)C)cn1. The topological polar surface area (TPSA) is 28.2 Å². The minimum Gasteiger partial charge on any atom is -0.367 e. The Kier molecular flexibility index (Phi) is 4.97. The number of hydrogen-bond acceptors (Lipinski definition) is 3. The molecule has 2 rings (SSSR count). The fraction of sp³-hybridized carbons (Fsp3) is 0.562. The van der Waals surface area contributed by atoms with Gasteiger partial charge in [0.15, 0.2) is 0 Å². The fourth-order valence-electron chi connectivity index (χ4n) is 2.36. The Morgan fingerprint density at radius 2 is 2.21 bits per heavy atom. The van der Waals surface area contributed by atoms with Gasteiger partial charge in [-0.3, -0.25) is 4.98 Å². The van der Waals surface area contributed by atoms with Gasteiger partial charge in [0.25, 0.3) is 0 Å². The first-order chi connectivity index (χ1) is 9.16. The number of aromatic nitrogens is 1. The van der Waals surface area contributed by atoms with Crippen molar-refractivity contribution in [2.24, 2.45) is 5.92 Å². The van der Waals surface area contributed by atoms with Crippen molar-refractivity contribution in [1.82, 2.24) is 10.3 Å². The van der Waals surface area contributed by atoms with Gasteiger partial charge in [-0.05, 0) is 31.9 Å². The number of aryl methyl sites for hydroxylation is 1. The monoisotopic (exact) mass is 259 g/mol. The molecule has 0 atom stereocenters. The highest BCUT2D eigenvalue weighted by Gasteiger charge is 2.12. The van der Waals surface area contributed by atoms with Gasteiger partial charge in [0.1, 0.15) is 0 Å². The van der Waals surface area contributed by atoms with E-state index in [4.69, 9.17) is 0 Å². The predicted octanol–water partition coefficient (Wildman–Crippen LogP) is 2.90. The van der Waals surface area contributed by atoms with Crippen LogP contribution in [0.25, 0.3) is 0 Å². The van der Waals surface area contributed by atoms with Gasteiger partial charge in [-0.15, -0.1) is 0 Å². The highest BCUT2D eigenvalue weighted by Crippen LogP contribution is 2.22. The van der Waals surface area contributed by atoms with Gasteiger partial charge in [0.2, 0.25) is 0 Å². The zero-order valence-electron chi connectivity index (χ0n) is 12.3. The summed E-state index contributed by atoms with van der Waals surface area (Å²) in [5.74, 6) is 0.680. The van der Waals surface area contributed by atoms with Crippen molar-refractivity contribution in [1.29, 1.82) is 0 Å².